The van der Waals surface area contributed by atoms with Crippen LogP contribution in [0.15, 0.2) is 0 Å². The van der Waals surface area contributed by atoms with Crippen LogP contribution in [0.2, 0.25) is 0 Å². The summed E-state index contributed by atoms with van der Waals surface area (Å²) >= 11 is 1.88. The summed E-state index contributed by atoms with van der Waals surface area (Å²) in [7, 11) is 0. The second-order valence-corrected chi connectivity index (χ2v) is 6.32. The van der Waals surface area contributed by atoms with Gasteiger partial charge in [0.05, 0.1) is 0 Å². The number of hydrogen-bond acceptors (Lipinski definition) is 2. The van der Waals surface area contributed by atoms with Crippen LogP contribution in [0.1, 0.15) is 51.9 Å². The summed E-state index contributed by atoms with van der Waals surface area (Å²) in [5.74, 6) is 0. The molecule has 18 heavy (non-hydrogen) atoms. The summed E-state index contributed by atoms with van der Waals surface area (Å²) in [6.45, 7) is 2.00. The van der Waals surface area contributed by atoms with Crippen LogP contribution in [-0.2, 0) is 0 Å². The van der Waals surface area contributed by atoms with E-state index in [-0.39, 0.29) is 12.5 Å². The van der Waals surface area contributed by atoms with Crippen molar-refractivity contribution in [2.75, 3.05) is 6.26 Å². The lowest BCUT2D eigenvalue weighted by atomic mass is 9.94. The minimum Gasteiger partial charge on any atom is -0.310 e. The van der Waals surface area contributed by atoms with Crippen molar-refractivity contribution in [2.24, 2.45) is 0 Å². The maximum Gasteiger partial charge on any atom is 0.389 e. The molecule has 0 saturated heterocycles. The molecule has 1 N–H and O–H groups in total. The molecular formula is C13H24F3NS. The van der Waals surface area contributed by atoms with Crippen LogP contribution in [0.25, 0.3) is 0 Å². The Morgan fingerprint density at radius 3 is 2.56 bits per heavy atom. The number of thioether (sulfide) groups is 1. The fourth-order valence-corrected chi connectivity index (χ4v) is 3.57. The second kappa shape index (κ2) is 7.63. The zero-order valence-electron chi connectivity index (χ0n) is 11.2. The number of alkyl halides is 3. The first-order valence-corrected chi connectivity index (χ1v) is 8.07. The Kier molecular flexibility index (Phi) is 6.85. The van der Waals surface area contributed by atoms with Crippen LogP contribution in [0.5, 0.6) is 0 Å². The lowest BCUT2D eigenvalue weighted by Gasteiger charge is -2.33. The smallest absolute Gasteiger partial charge is 0.310 e. The highest BCUT2D eigenvalue weighted by Gasteiger charge is 2.28. The first-order valence-electron chi connectivity index (χ1n) is 6.78. The molecule has 1 rings (SSSR count). The van der Waals surface area contributed by atoms with E-state index >= 15 is 0 Å². The highest BCUT2D eigenvalue weighted by atomic mass is 32.2. The SMILES string of the molecule is CSC1CCCCC1NC(C)CCCC(F)(F)F. The van der Waals surface area contributed by atoms with Crippen molar-refractivity contribution in [1.29, 1.82) is 0 Å². The van der Waals surface area contributed by atoms with Crippen molar-refractivity contribution >= 4 is 11.8 Å². The van der Waals surface area contributed by atoms with Crippen molar-refractivity contribution in [1.82, 2.24) is 5.32 Å². The summed E-state index contributed by atoms with van der Waals surface area (Å²) in [5, 5.41) is 4.15. The van der Waals surface area contributed by atoms with Gasteiger partial charge in [0.2, 0.25) is 0 Å². The highest BCUT2D eigenvalue weighted by molar-refractivity contribution is 7.99. The average molecular weight is 283 g/mol. The van der Waals surface area contributed by atoms with Gasteiger partial charge in [0, 0.05) is 23.8 Å². The Morgan fingerprint density at radius 2 is 1.94 bits per heavy atom. The summed E-state index contributed by atoms with van der Waals surface area (Å²) in [5.41, 5.74) is 0. The summed E-state index contributed by atoms with van der Waals surface area (Å²) in [6, 6.07) is 0.666. The van der Waals surface area contributed by atoms with Gasteiger partial charge in [-0.1, -0.05) is 12.8 Å². The topological polar surface area (TPSA) is 12.0 Å². The Hall–Kier alpha value is 0.100. The van der Waals surface area contributed by atoms with Gasteiger partial charge >= 0.3 is 6.18 Å². The molecule has 0 aromatic rings. The van der Waals surface area contributed by atoms with E-state index in [1.54, 1.807) is 0 Å². The Bertz CT molecular complexity index is 233. The molecular weight excluding hydrogens is 259 g/mol. The van der Waals surface area contributed by atoms with Crippen molar-refractivity contribution in [2.45, 2.75) is 75.4 Å². The number of nitrogens with one attached hydrogen (secondary N) is 1. The molecule has 0 radical (unpaired) electrons. The molecule has 1 nitrogen and oxygen atoms in total. The van der Waals surface area contributed by atoms with E-state index in [4.69, 9.17) is 0 Å². The fraction of sp³-hybridized carbons (Fsp3) is 1.00. The summed E-state index contributed by atoms with van der Waals surface area (Å²) in [4.78, 5) is 0. The van der Waals surface area contributed by atoms with Gasteiger partial charge in [0.25, 0.3) is 0 Å². The Balaban J connectivity index is 2.23. The van der Waals surface area contributed by atoms with Gasteiger partial charge in [-0.3, -0.25) is 0 Å². The Morgan fingerprint density at radius 1 is 1.28 bits per heavy atom. The fourth-order valence-electron chi connectivity index (χ4n) is 2.63. The van der Waals surface area contributed by atoms with Gasteiger partial charge in [0.15, 0.2) is 0 Å². The molecule has 1 saturated carbocycles. The predicted molar refractivity (Wildman–Crippen MR) is 72.1 cm³/mol. The van der Waals surface area contributed by atoms with Gasteiger partial charge < -0.3 is 5.32 Å². The molecule has 0 aromatic heterocycles. The van der Waals surface area contributed by atoms with Crippen molar-refractivity contribution in [3.8, 4) is 0 Å². The summed E-state index contributed by atoms with van der Waals surface area (Å²) < 4.78 is 36.2. The van der Waals surface area contributed by atoms with Crippen LogP contribution in [0.4, 0.5) is 13.2 Å². The molecule has 1 aliphatic rings. The third-order valence-corrected chi connectivity index (χ3v) is 4.77. The average Bonchev–Trinajstić information content (AvgIpc) is 2.28. The summed E-state index contributed by atoms with van der Waals surface area (Å²) in [6.07, 6.45) is 3.21. The first-order chi connectivity index (χ1) is 8.42. The van der Waals surface area contributed by atoms with E-state index in [0.29, 0.717) is 17.7 Å². The Labute approximate surface area is 112 Å². The molecule has 108 valence electrons. The molecule has 0 aromatic carbocycles. The van der Waals surface area contributed by atoms with Gasteiger partial charge in [-0.25, -0.2) is 0 Å². The van der Waals surface area contributed by atoms with E-state index in [9.17, 15) is 13.2 Å². The zero-order valence-corrected chi connectivity index (χ0v) is 12.0. The third-order valence-electron chi connectivity index (χ3n) is 3.60. The maximum atomic E-state index is 12.1. The molecule has 1 aliphatic carbocycles. The molecule has 5 heteroatoms. The van der Waals surface area contributed by atoms with E-state index in [2.05, 4.69) is 11.6 Å². The molecule has 3 unspecified atom stereocenters. The van der Waals surface area contributed by atoms with E-state index in [1.165, 1.54) is 19.3 Å². The molecule has 0 aliphatic heterocycles. The van der Waals surface area contributed by atoms with E-state index in [0.717, 1.165) is 6.42 Å². The van der Waals surface area contributed by atoms with Crippen molar-refractivity contribution in [3.63, 3.8) is 0 Å². The quantitative estimate of drug-likeness (QED) is 0.777. The van der Waals surface area contributed by atoms with Crippen LogP contribution in [0.3, 0.4) is 0 Å². The van der Waals surface area contributed by atoms with Gasteiger partial charge in [-0.05, 0) is 38.9 Å². The zero-order chi connectivity index (χ0) is 13.6. The number of rotatable bonds is 6. The van der Waals surface area contributed by atoms with E-state index < -0.39 is 12.6 Å². The first kappa shape index (κ1) is 16.2. The lowest BCUT2D eigenvalue weighted by Crippen LogP contribution is -2.44. The molecule has 3 atom stereocenters. The molecule has 0 spiro atoms. The predicted octanol–water partition coefficient (Wildman–Crippen LogP) is 4.37. The molecule has 1 fully saturated rings. The van der Waals surface area contributed by atoms with Gasteiger partial charge in [-0.2, -0.15) is 24.9 Å². The molecule has 0 amide bonds. The standard InChI is InChI=1S/C13H24F3NS/c1-10(6-5-9-13(14,15)16)17-11-7-3-4-8-12(11)18-2/h10-12,17H,3-9H2,1-2H3. The van der Waals surface area contributed by atoms with Crippen LogP contribution >= 0.6 is 11.8 Å². The van der Waals surface area contributed by atoms with Crippen molar-refractivity contribution in [3.05, 3.63) is 0 Å². The minimum absolute atomic E-state index is 0.185. The van der Waals surface area contributed by atoms with Gasteiger partial charge in [-0.15, -0.1) is 0 Å². The largest absolute Gasteiger partial charge is 0.389 e. The monoisotopic (exact) mass is 283 g/mol. The number of hydrogen-bond donors (Lipinski definition) is 1. The normalized spacial score (nSPS) is 27.2. The third kappa shape index (κ3) is 6.32. The van der Waals surface area contributed by atoms with Gasteiger partial charge in [0.1, 0.15) is 0 Å². The minimum atomic E-state index is -4.01. The molecule has 0 heterocycles. The van der Waals surface area contributed by atoms with E-state index in [1.807, 2.05) is 18.7 Å². The highest BCUT2D eigenvalue weighted by Crippen LogP contribution is 2.28. The lowest BCUT2D eigenvalue weighted by molar-refractivity contribution is -0.135. The van der Waals surface area contributed by atoms with Crippen LogP contribution in [-0.4, -0.2) is 29.8 Å². The van der Waals surface area contributed by atoms with Crippen LogP contribution < -0.4 is 5.32 Å². The second-order valence-electron chi connectivity index (χ2n) is 5.24. The maximum absolute atomic E-state index is 12.1. The molecule has 0 bridgehead atoms. The number of halogens is 3. The van der Waals surface area contributed by atoms with Crippen molar-refractivity contribution < 1.29 is 13.2 Å². The van der Waals surface area contributed by atoms with Crippen LogP contribution in [0, 0.1) is 0 Å².